The number of rotatable bonds is 5. The van der Waals surface area contributed by atoms with Crippen molar-refractivity contribution in [1.29, 1.82) is 0 Å². The molecule has 3 N–H and O–H groups in total. The van der Waals surface area contributed by atoms with Gasteiger partial charge in [-0.05, 0) is 49.4 Å². The van der Waals surface area contributed by atoms with Crippen LogP contribution in [0.15, 0.2) is 28.7 Å². The lowest BCUT2D eigenvalue weighted by Crippen LogP contribution is -2.42. The number of benzene rings is 1. The third-order valence-electron chi connectivity index (χ3n) is 4.11. The van der Waals surface area contributed by atoms with Crippen LogP contribution in [0.5, 0.6) is 0 Å². The van der Waals surface area contributed by atoms with Crippen LogP contribution in [0.3, 0.4) is 0 Å². The monoisotopic (exact) mass is 324 g/mol. The Bertz CT molecular complexity index is 452. The van der Waals surface area contributed by atoms with Gasteiger partial charge in [0, 0.05) is 10.9 Å². The summed E-state index contributed by atoms with van der Waals surface area (Å²) >= 11 is 3.45. The molecule has 0 aromatic heterocycles. The maximum Gasteiger partial charge on any atom is 0.221 e. The first kappa shape index (κ1) is 14.5. The number of amides is 1. The highest BCUT2D eigenvalue weighted by molar-refractivity contribution is 9.10. The zero-order chi connectivity index (χ0) is 13.9. The third kappa shape index (κ3) is 3.57. The number of hydrogen-bond acceptors (Lipinski definition) is 2. The van der Waals surface area contributed by atoms with Crippen LogP contribution in [0.1, 0.15) is 44.2 Å². The van der Waals surface area contributed by atoms with E-state index in [0.717, 1.165) is 22.9 Å². The fourth-order valence-electron chi connectivity index (χ4n) is 2.62. The SMILES string of the molecule is CC(NC(=O)CC1(CN)CCC1)c1cccc(Br)c1. The van der Waals surface area contributed by atoms with E-state index >= 15 is 0 Å². The van der Waals surface area contributed by atoms with Crippen molar-refractivity contribution < 1.29 is 4.79 Å². The molecule has 0 saturated heterocycles. The standard InChI is InChI=1S/C15H21BrN2O/c1-11(12-4-2-5-13(16)8-12)18-14(19)9-15(10-17)6-3-7-15/h2,4-5,8,11H,3,6-7,9-10,17H2,1H3,(H,18,19). The summed E-state index contributed by atoms with van der Waals surface area (Å²) in [5, 5.41) is 3.07. The largest absolute Gasteiger partial charge is 0.350 e. The van der Waals surface area contributed by atoms with Crippen LogP contribution in [0.25, 0.3) is 0 Å². The van der Waals surface area contributed by atoms with Gasteiger partial charge in [0.05, 0.1) is 6.04 Å². The number of nitrogens with two attached hydrogens (primary N) is 1. The molecule has 1 saturated carbocycles. The lowest BCUT2D eigenvalue weighted by molar-refractivity contribution is -0.125. The summed E-state index contributed by atoms with van der Waals surface area (Å²) in [6.45, 7) is 2.63. The Kier molecular flexibility index (Phi) is 4.63. The first-order valence-electron chi connectivity index (χ1n) is 6.80. The Labute approximate surface area is 123 Å². The van der Waals surface area contributed by atoms with E-state index in [0.29, 0.717) is 13.0 Å². The van der Waals surface area contributed by atoms with Crippen LogP contribution in [-0.2, 0) is 4.79 Å². The number of carbonyl (C=O) groups excluding carboxylic acids is 1. The molecule has 1 aromatic rings. The van der Waals surface area contributed by atoms with E-state index in [1.807, 2.05) is 31.2 Å². The van der Waals surface area contributed by atoms with Gasteiger partial charge in [-0.2, -0.15) is 0 Å². The smallest absolute Gasteiger partial charge is 0.221 e. The molecule has 0 heterocycles. The topological polar surface area (TPSA) is 55.1 Å². The highest BCUT2D eigenvalue weighted by Crippen LogP contribution is 2.42. The van der Waals surface area contributed by atoms with Crippen molar-refractivity contribution in [3.63, 3.8) is 0 Å². The van der Waals surface area contributed by atoms with Crippen LogP contribution in [0, 0.1) is 5.41 Å². The number of halogens is 1. The van der Waals surface area contributed by atoms with Gasteiger partial charge in [-0.25, -0.2) is 0 Å². The fraction of sp³-hybridized carbons (Fsp3) is 0.533. The van der Waals surface area contributed by atoms with Gasteiger partial charge in [-0.1, -0.05) is 34.5 Å². The predicted octanol–water partition coefficient (Wildman–Crippen LogP) is 3.15. The van der Waals surface area contributed by atoms with Gasteiger partial charge >= 0.3 is 0 Å². The lowest BCUT2D eigenvalue weighted by atomic mass is 9.66. The van der Waals surface area contributed by atoms with E-state index in [1.165, 1.54) is 6.42 Å². The molecule has 2 rings (SSSR count). The minimum atomic E-state index is 0.0277. The molecular formula is C15H21BrN2O. The summed E-state index contributed by atoms with van der Waals surface area (Å²) in [6, 6.07) is 8.05. The van der Waals surface area contributed by atoms with E-state index < -0.39 is 0 Å². The van der Waals surface area contributed by atoms with Gasteiger partial charge in [-0.3, -0.25) is 4.79 Å². The van der Waals surface area contributed by atoms with Crippen molar-refractivity contribution >= 4 is 21.8 Å². The second kappa shape index (κ2) is 6.06. The fourth-order valence-corrected chi connectivity index (χ4v) is 3.04. The summed E-state index contributed by atoms with van der Waals surface area (Å²) in [4.78, 5) is 12.1. The highest BCUT2D eigenvalue weighted by atomic mass is 79.9. The average molecular weight is 325 g/mol. The Morgan fingerprint density at radius 2 is 2.26 bits per heavy atom. The maximum atomic E-state index is 12.1. The molecular weight excluding hydrogens is 304 g/mol. The minimum absolute atomic E-state index is 0.0277. The Morgan fingerprint density at radius 1 is 1.53 bits per heavy atom. The maximum absolute atomic E-state index is 12.1. The molecule has 1 fully saturated rings. The van der Waals surface area contributed by atoms with E-state index in [-0.39, 0.29) is 17.4 Å². The van der Waals surface area contributed by atoms with Crippen LogP contribution >= 0.6 is 15.9 Å². The summed E-state index contributed by atoms with van der Waals surface area (Å²) in [6.07, 6.45) is 3.93. The minimum Gasteiger partial charge on any atom is -0.350 e. The van der Waals surface area contributed by atoms with Gasteiger partial charge in [0.1, 0.15) is 0 Å². The molecule has 1 unspecified atom stereocenters. The zero-order valence-electron chi connectivity index (χ0n) is 11.3. The average Bonchev–Trinajstić information content (AvgIpc) is 2.34. The van der Waals surface area contributed by atoms with Gasteiger partial charge < -0.3 is 11.1 Å². The van der Waals surface area contributed by atoms with Crippen molar-refractivity contribution in [1.82, 2.24) is 5.32 Å². The molecule has 104 valence electrons. The molecule has 3 nitrogen and oxygen atoms in total. The summed E-state index contributed by atoms with van der Waals surface area (Å²) in [5.74, 6) is 0.109. The number of hydrogen-bond donors (Lipinski definition) is 2. The molecule has 1 aliphatic carbocycles. The predicted molar refractivity (Wildman–Crippen MR) is 80.7 cm³/mol. The van der Waals surface area contributed by atoms with E-state index in [2.05, 4.69) is 21.2 Å². The Balaban J connectivity index is 1.91. The van der Waals surface area contributed by atoms with Gasteiger partial charge in [0.25, 0.3) is 0 Å². The molecule has 1 aromatic carbocycles. The molecule has 1 aliphatic rings. The van der Waals surface area contributed by atoms with Crippen molar-refractivity contribution in [2.24, 2.45) is 11.1 Å². The van der Waals surface area contributed by atoms with E-state index in [9.17, 15) is 4.79 Å². The zero-order valence-corrected chi connectivity index (χ0v) is 12.9. The van der Waals surface area contributed by atoms with Crippen LogP contribution in [0.4, 0.5) is 0 Å². The summed E-state index contributed by atoms with van der Waals surface area (Å²) in [7, 11) is 0. The molecule has 19 heavy (non-hydrogen) atoms. The quantitative estimate of drug-likeness (QED) is 0.874. The molecule has 0 aliphatic heterocycles. The number of carbonyl (C=O) groups is 1. The number of nitrogens with one attached hydrogen (secondary N) is 1. The summed E-state index contributed by atoms with van der Waals surface area (Å²) in [5.41, 5.74) is 6.97. The third-order valence-corrected chi connectivity index (χ3v) is 4.60. The second-order valence-electron chi connectivity index (χ2n) is 5.58. The van der Waals surface area contributed by atoms with Crippen molar-refractivity contribution in [3.8, 4) is 0 Å². The summed E-state index contributed by atoms with van der Waals surface area (Å²) < 4.78 is 1.03. The van der Waals surface area contributed by atoms with Crippen LogP contribution < -0.4 is 11.1 Å². The van der Waals surface area contributed by atoms with Crippen molar-refractivity contribution in [2.75, 3.05) is 6.54 Å². The molecule has 0 spiro atoms. The van der Waals surface area contributed by atoms with Gasteiger partial charge in [0.15, 0.2) is 0 Å². The first-order valence-corrected chi connectivity index (χ1v) is 7.59. The van der Waals surface area contributed by atoms with Gasteiger partial charge in [-0.15, -0.1) is 0 Å². The molecule has 0 bridgehead atoms. The lowest BCUT2D eigenvalue weighted by Gasteiger charge is -2.40. The van der Waals surface area contributed by atoms with Crippen LogP contribution in [-0.4, -0.2) is 12.5 Å². The molecule has 1 atom stereocenters. The van der Waals surface area contributed by atoms with Crippen molar-refractivity contribution in [2.45, 2.75) is 38.6 Å². The van der Waals surface area contributed by atoms with E-state index in [1.54, 1.807) is 0 Å². The van der Waals surface area contributed by atoms with E-state index in [4.69, 9.17) is 5.73 Å². The highest BCUT2D eigenvalue weighted by Gasteiger charge is 2.37. The van der Waals surface area contributed by atoms with Crippen LogP contribution in [0.2, 0.25) is 0 Å². The first-order chi connectivity index (χ1) is 9.04. The van der Waals surface area contributed by atoms with Gasteiger partial charge in [0.2, 0.25) is 5.91 Å². The Hall–Kier alpha value is -0.870. The molecule has 0 radical (unpaired) electrons. The molecule has 1 amide bonds. The normalized spacial score (nSPS) is 18.5. The molecule has 4 heteroatoms. The second-order valence-corrected chi connectivity index (χ2v) is 6.49. The van der Waals surface area contributed by atoms with Crippen molar-refractivity contribution in [3.05, 3.63) is 34.3 Å². The Morgan fingerprint density at radius 3 is 2.79 bits per heavy atom.